The summed E-state index contributed by atoms with van der Waals surface area (Å²) in [5.74, 6) is 1.23. The average Bonchev–Trinajstić information content (AvgIpc) is 2.90. The van der Waals surface area contributed by atoms with Crippen LogP contribution >= 0.6 is 0 Å². The second-order valence-corrected chi connectivity index (χ2v) is 11.9. The molecule has 0 saturated carbocycles. The van der Waals surface area contributed by atoms with Crippen molar-refractivity contribution in [2.45, 2.75) is 182 Å². The van der Waals surface area contributed by atoms with Crippen LogP contribution in [-0.4, -0.2) is 25.2 Å². The molecule has 0 heterocycles. The van der Waals surface area contributed by atoms with E-state index in [4.69, 9.17) is 9.47 Å². The van der Waals surface area contributed by atoms with Gasteiger partial charge in [0.1, 0.15) is 0 Å². The van der Waals surface area contributed by atoms with E-state index in [0.29, 0.717) is 37.9 Å². The standard InChI is InChI=1S/C34H66O4/c1-5-7-9-11-19-23-29-37-33(35)26-22-18-16-14-13-15-17-21-25-32(31(3)4)27-28-34(36)38-30-24-20-12-10-8-6-2/h31-32H,5-30H2,1-4H3. The summed E-state index contributed by atoms with van der Waals surface area (Å²) in [6.45, 7) is 10.2. The molecule has 0 N–H and O–H groups in total. The van der Waals surface area contributed by atoms with Crippen LogP contribution in [0.2, 0.25) is 0 Å². The maximum absolute atomic E-state index is 12.1. The van der Waals surface area contributed by atoms with Crippen LogP contribution in [0.5, 0.6) is 0 Å². The molecule has 226 valence electrons. The van der Waals surface area contributed by atoms with Crippen molar-refractivity contribution >= 4 is 11.9 Å². The van der Waals surface area contributed by atoms with Gasteiger partial charge in [-0.15, -0.1) is 0 Å². The molecular weight excluding hydrogens is 472 g/mol. The fourth-order valence-corrected chi connectivity index (χ4v) is 5.13. The summed E-state index contributed by atoms with van der Waals surface area (Å²) in [5, 5.41) is 0. The molecule has 0 bridgehead atoms. The number of rotatable bonds is 29. The number of esters is 2. The molecule has 0 saturated heterocycles. The molecule has 0 fully saturated rings. The Kier molecular flexibility index (Phi) is 28.1. The normalized spacial score (nSPS) is 12.1. The van der Waals surface area contributed by atoms with E-state index >= 15 is 0 Å². The highest BCUT2D eigenvalue weighted by atomic mass is 16.5. The first-order chi connectivity index (χ1) is 18.5. The molecular formula is C34H66O4. The monoisotopic (exact) mass is 538 g/mol. The molecule has 38 heavy (non-hydrogen) atoms. The second-order valence-electron chi connectivity index (χ2n) is 11.9. The lowest BCUT2D eigenvalue weighted by atomic mass is 9.86. The van der Waals surface area contributed by atoms with E-state index in [0.717, 1.165) is 32.1 Å². The topological polar surface area (TPSA) is 52.6 Å². The Bertz CT molecular complexity index is 517. The third-order valence-electron chi connectivity index (χ3n) is 7.89. The van der Waals surface area contributed by atoms with Crippen molar-refractivity contribution in [1.29, 1.82) is 0 Å². The quantitative estimate of drug-likeness (QED) is 0.0702. The molecule has 0 aliphatic carbocycles. The van der Waals surface area contributed by atoms with Crippen LogP contribution in [0.4, 0.5) is 0 Å². The van der Waals surface area contributed by atoms with Crippen LogP contribution in [0.3, 0.4) is 0 Å². The van der Waals surface area contributed by atoms with Crippen molar-refractivity contribution < 1.29 is 19.1 Å². The van der Waals surface area contributed by atoms with Gasteiger partial charge in [0, 0.05) is 12.8 Å². The van der Waals surface area contributed by atoms with E-state index in [1.807, 2.05) is 0 Å². The number of carbonyl (C=O) groups excluding carboxylic acids is 2. The summed E-state index contributed by atoms with van der Waals surface area (Å²) in [6, 6.07) is 0. The molecule has 1 atom stereocenters. The van der Waals surface area contributed by atoms with Gasteiger partial charge in [0.2, 0.25) is 0 Å². The second kappa shape index (κ2) is 28.9. The summed E-state index contributed by atoms with van der Waals surface area (Å²) in [4.78, 5) is 23.9. The van der Waals surface area contributed by atoms with Crippen molar-refractivity contribution in [2.75, 3.05) is 13.2 Å². The van der Waals surface area contributed by atoms with Gasteiger partial charge in [0.15, 0.2) is 0 Å². The zero-order valence-electron chi connectivity index (χ0n) is 26.2. The van der Waals surface area contributed by atoms with Gasteiger partial charge in [-0.1, -0.05) is 143 Å². The SMILES string of the molecule is CCCCCCCCOC(=O)CCCCCCCCCCC(CCC(=O)OCCCCCCCC)C(C)C. The zero-order chi connectivity index (χ0) is 28.1. The first-order valence-electron chi connectivity index (χ1n) is 16.8. The Morgan fingerprint density at radius 2 is 0.868 bits per heavy atom. The van der Waals surface area contributed by atoms with E-state index in [2.05, 4.69) is 27.7 Å². The average molecular weight is 539 g/mol. The first kappa shape index (κ1) is 36.9. The summed E-state index contributed by atoms with van der Waals surface area (Å²) >= 11 is 0. The van der Waals surface area contributed by atoms with Crippen molar-refractivity contribution in [1.82, 2.24) is 0 Å². The molecule has 0 radical (unpaired) electrons. The van der Waals surface area contributed by atoms with Crippen molar-refractivity contribution in [3.8, 4) is 0 Å². The fourth-order valence-electron chi connectivity index (χ4n) is 5.13. The number of carbonyl (C=O) groups is 2. The largest absolute Gasteiger partial charge is 0.466 e. The zero-order valence-corrected chi connectivity index (χ0v) is 26.2. The third kappa shape index (κ3) is 26.5. The Morgan fingerprint density at radius 1 is 0.474 bits per heavy atom. The van der Waals surface area contributed by atoms with Gasteiger partial charge in [-0.2, -0.15) is 0 Å². The molecule has 0 aliphatic rings. The Morgan fingerprint density at radius 3 is 1.34 bits per heavy atom. The van der Waals surface area contributed by atoms with Gasteiger partial charge in [-0.25, -0.2) is 0 Å². The summed E-state index contributed by atoms with van der Waals surface area (Å²) in [6.07, 6.45) is 27.8. The lowest BCUT2D eigenvalue weighted by molar-refractivity contribution is -0.145. The molecule has 1 unspecified atom stereocenters. The van der Waals surface area contributed by atoms with Crippen LogP contribution < -0.4 is 0 Å². The summed E-state index contributed by atoms with van der Waals surface area (Å²) < 4.78 is 10.8. The van der Waals surface area contributed by atoms with Crippen LogP contribution in [0.15, 0.2) is 0 Å². The van der Waals surface area contributed by atoms with Gasteiger partial charge >= 0.3 is 11.9 Å². The molecule has 4 heteroatoms. The van der Waals surface area contributed by atoms with Crippen LogP contribution in [0, 0.1) is 11.8 Å². The maximum atomic E-state index is 12.1. The van der Waals surface area contributed by atoms with Crippen molar-refractivity contribution in [3.63, 3.8) is 0 Å². The molecule has 0 amide bonds. The highest BCUT2D eigenvalue weighted by Crippen LogP contribution is 2.24. The predicted octanol–water partition coefficient (Wildman–Crippen LogP) is 10.7. The minimum absolute atomic E-state index is 0.00437. The van der Waals surface area contributed by atoms with Crippen LogP contribution in [0.1, 0.15) is 182 Å². The molecule has 0 aromatic rings. The van der Waals surface area contributed by atoms with E-state index in [9.17, 15) is 9.59 Å². The minimum Gasteiger partial charge on any atom is -0.466 e. The van der Waals surface area contributed by atoms with Gasteiger partial charge in [0.05, 0.1) is 13.2 Å². The number of hydrogen-bond acceptors (Lipinski definition) is 4. The van der Waals surface area contributed by atoms with Gasteiger partial charge < -0.3 is 9.47 Å². The van der Waals surface area contributed by atoms with E-state index < -0.39 is 0 Å². The smallest absolute Gasteiger partial charge is 0.305 e. The summed E-state index contributed by atoms with van der Waals surface area (Å²) in [5.41, 5.74) is 0. The van der Waals surface area contributed by atoms with Crippen molar-refractivity contribution in [3.05, 3.63) is 0 Å². The highest BCUT2D eigenvalue weighted by molar-refractivity contribution is 5.69. The number of ether oxygens (including phenoxy) is 2. The lowest BCUT2D eigenvalue weighted by Gasteiger charge is -2.20. The van der Waals surface area contributed by atoms with Gasteiger partial charge in [0.25, 0.3) is 0 Å². The fraction of sp³-hybridized carbons (Fsp3) is 0.941. The first-order valence-corrected chi connectivity index (χ1v) is 16.8. The van der Waals surface area contributed by atoms with E-state index in [1.54, 1.807) is 0 Å². The van der Waals surface area contributed by atoms with E-state index in [1.165, 1.54) is 109 Å². The molecule has 0 aliphatic heterocycles. The molecule has 0 aromatic heterocycles. The molecule has 0 aromatic carbocycles. The van der Waals surface area contributed by atoms with Gasteiger partial charge in [-0.05, 0) is 37.5 Å². The van der Waals surface area contributed by atoms with Crippen LogP contribution in [0.25, 0.3) is 0 Å². The Labute approximate surface area is 237 Å². The number of hydrogen-bond donors (Lipinski definition) is 0. The van der Waals surface area contributed by atoms with E-state index in [-0.39, 0.29) is 11.9 Å². The molecule has 4 nitrogen and oxygen atoms in total. The van der Waals surface area contributed by atoms with Gasteiger partial charge in [-0.3, -0.25) is 9.59 Å². The minimum atomic E-state index is -0.00988. The molecule has 0 rings (SSSR count). The molecule has 0 spiro atoms. The number of unbranched alkanes of at least 4 members (excludes halogenated alkanes) is 17. The van der Waals surface area contributed by atoms with Crippen molar-refractivity contribution in [2.24, 2.45) is 11.8 Å². The Hall–Kier alpha value is -1.06. The Balaban J connectivity index is 3.57. The predicted molar refractivity (Wildman–Crippen MR) is 162 cm³/mol. The van der Waals surface area contributed by atoms with Crippen LogP contribution in [-0.2, 0) is 19.1 Å². The summed E-state index contributed by atoms with van der Waals surface area (Å²) in [7, 11) is 0. The highest BCUT2D eigenvalue weighted by Gasteiger charge is 2.15. The third-order valence-corrected chi connectivity index (χ3v) is 7.89. The maximum Gasteiger partial charge on any atom is 0.305 e. The lowest BCUT2D eigenvalue weighted by Crippen LogP contribution is -2.13.